The lowest BCUT2D eigenvalue weighted by atomic mass is 10.1. The summed E-state index contributed by atoms with van der Waals surface area (Å²) in [7, 11) is 0. The molecule has 0 radical (unpaired) electrons. The number of hydrogen-bond donors (Lipinski definition) is 2. The average Bonchev–Trinajstić information content (AvgIpc) is 2.69. The fourth-order valence-corrected chi connectivity index (χ4v) is 2.33. The first-order chi connectivity index (χ1) is 13.9. The van der Waals surface area contributed by atoms with Crippen LogP contribution in [-0.4, -0.2) is 48.8 Å². The Hall–Kier alpha value is -3.10. The zero-order valence-corrected chi connectivity index (χ0v) is 16.9. The second-order valence-corrected chi connectivity index (χ2v) is 6.15. The zero-order chi connectivity index (χ0) is 21.5. The Morgan fingerprint density at radius 1 is 1.03 bits per heavy atom. The van der Waals surface area contributed by atoms with Crippen molar-refractivity contribution in [1.82, 2.24) is 10.4 Å². The summed E-state index contributed by atoms with van der Waals surface area (Å²) < 4.78 is 10.1. The molecule has 1 rings (SSSR count). The summed E-state index contributed by atoms with van der Waals surface area (Å²) >= 11 is 0. The lowest BCUT2D eigenvalue weighted by Crippen LogP contribution is -2.44. The molecule has 0 bridgehead atoms. The van der Waals surface area contributed by atoms with E-state index in [9.17, 15) is 14.4 Å². The molecule has 29 heavy (non-hydrogen) atoms. The number of amides is 1. The van der Waals surface area contributed by atoms with Gasteiger partial charge in [-0.05, 0) is 38.2 Å². The van der Waals surface area contributed by atoms with Crippen molar-refractivity contribution < 1.29 is 28.7 Å². The molecular formula is C20H29N3O6. The van der Waals surface area contributed by atoms with Gasteiger partial charge in [0, 0.05) is 13.3 Å². The van der Waals surface area contributed by atoms with Gasteiger partial charge in [0.1, 0.15) is 0 Å². The van der Waals surface area contributed by atoms with Crippen molar-refractivity contribution in [2.75, 3.05) is 19.8 Å². The molecular weight excluding hydrogens is 378 g/mol. The van der Waals surface area contributed by atoms with Gasteiger partial charge < -0.3 is 14.3 Å². The number of esters is 1. The number of rotatable bonds is 10. The van der Waals surface area contributed by atoms with E-state index in [1.807, 2.05) is 30.3 Å². The number of ether oxygens (including phenoxy) is 2. The molecule has 0 heterocycles. The van der Waals surface area contributed by atoms with Crippen LogP contribution in [0.5, 0.6) is 0 Å². The van der Waals surface area contributed by atoms with Crippen molar-refractivity contribution in [1.29, 1.82) is 5.41 Å². The van der Waals surface area contributed by atoms with Gasteiger partial charge in [-0.25, -0.2) is 4.79 Å². The van der Waals surface area contributed by atoms with E-state index in [-0.39, 0.29) is 25.7 Å². The van der Waals surface area contributed by atoms with E-state index in [0.717, 1.165) is 17.9 Å². The first-order valence-corrected chi connectivity index (χ1v) is 9.60. The number of guanidine groups is 1. The monoisotopic (exact) mass is 407 g/mol. The number of unbranched alkanes of at least 4 members (excludes halogenated alkanes) is 1. The van der Waals surface area contributed by atoms with Crippen molar-refractivity contribution in [2.45, 2.75) is 46.0 Å². The van der Waals surface area contributed by atoms with Crippen molar-refractivity contribution in [3.63, 3.8) is 0 Å². The molecule has 1 aromatic carbocycles. The molecule has 0 aliphatic heterocycles. The zero-order valence-electron chi connectivity index (χ0n) is 16.9. The van der Waals surface area contributed by atoms with E-state index in [1.165, 1.54) is 12.5 Å². The molecule has 2 N–H and O–H groups in total. The first-order valence-electron chi connectivity index (χ1n) is 9.60. The van der Waals surface area contributed by atoms with Crippen LogP contribution >= 0.6 is 0 Å². The Balaban J connectivity index is 2.05. The highest BCUT2D eigenvalue weighted by Crippen LogP contribution is 2.05. The van der Waals surface area contributed by atoms with Crippen LogP contribution in [0, 0.1) is 5.41 Å². The first kappa shape index (κ1) is 23.9. The minimum Gasteiger partial charge on any atom is -0.466 e. The van der Waals surface area contributed by atoms with E-state index >= 15 is 0 Å². The second-order valence-electron chi connectivity index (χ2n) is 6.15. The van der Waals surface area contributed by atoms with Gasteiger partial charge in [0.25, 0.3) is 0 Å². The second kappa shape index (κ2) is 14.0. The number of hydrogen-bond acceptors (Lipinski definition) is 7. The largest absolute Gasteiger partial charge is 0.466 e. The van der Waals surface area contributed by atoms with Gasteiger partial charge in [0.05, 0.1) is 19.8 Å². The van der Waals surface area contributed by atoms with E-state index in [1.54, 1.807) is 6.92 Å². The summed E-state index contributed by atoms with van der Waals surface area (Å²) in [5.74, 6) is -1.23. The molecule has 1 aromatic rings. The summed E-state index contributed by atoms with van der Waals surface area (Å²) in [6, 6.07) is 9.95. The quantitative estimate of drug-likeness (QED) is 0.201. The van der Waals surface area contributed by atoms with Crippen molar-refractivity contribution >= 4 is 24.0 Å². The minimum atomic E-state index is -0.821. The lowest BCUT2D eigenvalue weighted by Gasteiger charge is -2.20. The van der Waals surface area contributed by atoms with E-state index in [0.29, 0.717) is 19.3 Å². The Morgan fingerprint density at radius 3 is 2.31 bits per heavy atom. The van der Waals surface area contributed by atoms with Crippen molar-refractivity contribution in [3.8, 4) is 0 Å². The third-order valence-corrected chi connectivity index (χ3v) is 3.72. The number of aryl methyl sites for hydroxylation is 1. The minimum absolute atomic E-state index is 0.115. The molecule has 160 valence electrons. The Bertz CT molecular complexity index is 665. The molecule has 9 nitrogen and oxygen atoms in total. The summed E-state index contributed by atoms with van der Waals surface area (Å²) in [5, 5.41) is 10.8. The average molecular weight is 407 g/mol. The van der Waals surface area contributed by atoms with Crippen LogP contribution < -0.4 is 5.32 Å². The van der Waals surface area contributed by atoms with Gasteiger partial charge in [-0.1, -0.05) is 30.3 Å². The fraction of sp³-hybridized carbons (Fsp3) is 0.500. The maximum absolute atomic E-state index is 11.7. The third-order valence-electron chi connectivity index (χ3n) is 3.72. The Kier molecular flexibility index (Phi) is 11.5. The van der Waals surface area contributed by atoms with Crippen LogP contribution in [-0.2, 0) is 30.3 Å². The van der Waals surface area contributed by atoms with E-state index < -0.39 is 18.0 Å². The highest BCUT2D eigenvalue weighted by molar-refractivity contribution is 5.92. The standard InChI is InChI=1S/C20H29N3O6/c1-3-23(29-16(2)24)19(21)22-20(26)28-15-8-7-14-27-18(25)13-9-12-17-10-5-4-6-11-17/h4-6,10-11H,3,7-9,12-15H2,1-2H3,(H2,21,22,26). The molecule has 0 saturated heterocycles. The topological polar surface area (TPSA) is 118 Å². The molecule has 1 amide bonds. The Labute approximate surface area is 170 Å². The number of nitrogens with zero attached hydrogens (tertiary/aromatic N) is 1. The van der Waals surface area contributed by atoms with Crippen LogP contribution in [0.3, 0.4) is 0 Å². The van der Waals surface area contributed by atoms with Crippen molar-refractivity contribution in [2.24, 2.45) is 0 Å². The number of benzene rings is 1. The van der Waals surface area contributed by atoms with Gasteiger partial charge in [-0.2, -0.15) is 5.06 Å². The van der Waals surface area contributed by atoms with Crippen molar-refractivity contribution in [3.05, 3.63) is 35.9 Å². The number of alkyl carbamates (subject to hydrolysis) is 1. The van der Waals surface area contributed by atoms with Crippen LogP contribution in [0.4, 0.5) is 4.79 Å². The number of nitrogens with one attached hydrogen (secondary N) is 2. The van der Waals surface area contributed by atoms with Gasteiger partial charge in [-0.3, -0.25) is 20.3 Å². The lowest BCUT2D eigenvalue weighted by molar-refractivity contribution is -0.170. The predicted octanol–water partition coefficient (Wildman–Crippen LogP) is 2.79. The maximum Gasteiger partial charge on any atom is 0.414 e. The molecule has 0 fully saturated rings. The summed E-state index contributed by atoms with van der Waals surface area (Å²) in [6.07, 6.45) is 2.19. The van der Waals surface area contributed by atoms with Gasteiger partial charge in [0.15, 0.2) is 0 Å². The number of carbonyl (C=O) groups excluding carboxylic acids is 3. The molecule has 0 aromatic heterocycles. The van der Waals surface area contributed by atoms with Crippen LogP contribution in [0.2, 0.25) is 0 Å². The summed E-state index contributed by atoms with van der Waals surface area (Å²) in [6.45, 7) is 3.44. The molecule has 0 aliphatic carbocycles. The van der Waals surface area contributed by atoms with E-state index in [2.05, 4.69) is 5.32 Å². The Morgan fingerprint density at radius 2 is 1.69 bits per heavy atom. The van der Waals surface area contributed by atoms with Gasteiger partial charge in [0.2, 0.25) is 5.96 Å². The van der Waals surface area contributed by atoms with Crippen LogP contribution in [0.25, 0.3) is 0 Å². The normalized spacial score (nSPS) is 10.0. The maximum atomic E-state index is 11.7. The van der Waals surface area contributed by atoms with Crippen LogP contribution in [0.15, 0.2) is 30.3 Å². The highest BCUT2D eigenvalue weighted by Gasteiger charge is 2.14. The highest BCUT2D eigenvalue weighted by atomic mass is 16.7. The molecule has 0 atom stereocenters. The molecule has 0 spiro atoms. The summed E-state index contributed by atoms with van der Waals surface area (Å²) in [4.78, 5) is 38.9. The van der Waals surface area contributed by atoms with Gasteiger partial charge >= 0.3 is 18.0 Å². The molecule has 0 aliphatic rings. The summed E-state index contributed by atoms with van der Waals surface area (Å²) in [5.41, 5.74) is 1.19. The predicted molar refractivity (Wildman–Crippen MR) is 106 cm³/mol. The number of carbonyl (C=O) groups is 3. The van der Waals surface area contributed by atoms with Gasteiger partial charge in [-0.15, -0.1) is 0 Å². The molecule has 0 saturated carbocycles. The number of hydroxylamine groups is 2. The fourth-order valence-electron chi connectivity index (χ4n) is 2.33. The molecule has 9 heteroatoms. The smallest absolute Gasteiger partial charge is 0.414 e. The molecule has 0 unspecified atom stereocenters. The van der Waals surface area contributed by atoms with Crippen LogP contribution in [0.1, 0.15) is 45.1 Å². The third kappa shape index (κ3) is 11.4. The van der Waals surface area contributed by atoms with E-state index in [4.69, 9.17) is 19.7 Å². The SMILES string of the molecule is CCN(OC(C)=O)C(=N)NC(=O)OCCCCOC(=O)CCCc1ccccc1.